The second kappa shape index (κ2) is 9.12. The van der Waals surface area contributed by atoms with E-state index in [1.54, 1.807) is 0 Å². The molecule has 3 heteroatoms. The van der Waals surface area contributed by atoms with Crippen molar-refractivity contribution in [3.63, 3.8) is 0 Å². The van der Waals surface area contributed by atoms with E-state index in [9.17, 15) is 5.11 Å². The minimum absolute atomic E-state index is 0.226. The van der Waals surface area contributed by atoms with Crippen molar-refractivity contribution in [2.45, 2.75) is 102 Å². The molecule has 124 valence electrons. The summed E-state index contributed by atoms with van der Waals surface area (Å²) in [7, 11) is 0. The lowest BCUT2D eigenvalue weighted by Gasteiger charge is -2.42. The second-order valence-electron chi connectivity index (χ2n) is 7.50. The van der Waals surface area contributed by atoms with Gasteiger partial charge in [-0.2, -0.15) is 0 Å². The van der Waals surface area contributed by atoms with Crippen molar-refractivity contribution < 1.29 is 5.11 Å². The molecule has 0 aromatic rings. The zero-order valence-corrected chi connectivity index (χ0v) is 14.2. The molecule has 2 N–H and O–H groups in total. The molecule has 2 fully saturated rings. The lowest BCUT2D eigenvalue weighted by atomic mass is 9.88. The highest BCUT2D eigenvalue weighted by Gasteiger charge is 2.30. The molecule has 0 aromatic carbocycles. The molecule has 3 nitrogen and oxygen atoms in total. The Morgan fingerprint density at radius 3 is 1.81 bits per heavy atom. The SMILES string of the molecule is CC(C)NCC(O)CN(C1CCCCC1)C1CCCCC1. The highest BCUT2D eigenvalue weighted by Crippen LogP contribution is 2.30. The van der Waals surface area contributed by atoms with Crippen LogP contribution in [0.15, 0.2) is 0 Å². The van der Waals surface area contributed by atoms with E-state index in [4.69, 9.17) is 0 Å². The maximum atomic E-state index is 10.4. The Labute approximate surface area is 131 Å². The Hall–Kier alpha value is -0.120. The summed E-state index contributed by atoms with van der Waals surface area (Å²) in [5.74, 6) is 0. The normalized spacial score (nSPS) is 23.9. The third kappa shape index (κ3) is 5.88. The number of aliphatic hydroxyl groups is 1. The fraction of sp³-hybridized carbons (Fsp3) is 1.00. The molecule has 0 spiro atoms. The summed E-state index contributed by atoms with van der Waals surface area (Å²) >= 11 is 0. The maximum Gasteiger partial charge on any atom is 0.0791 e. The first kappa shape index (κ1) is 17.2. The largest absolute Gasteiger partial charge is 0.390 e. The quantitative estimate of drug-likeness (QED) is 0.756. The van der Waals surface area contributed by atoms with E-state index >= 15 is 0 Å². The van der Waals surface area contributed by atoms with Gasteiger partial charge in [0.25, 0.3) is 0 Å². The predicted octanol–water partition coefficient (Wildman–Crippen LogP) is 3.31. The standard InChI is InChI=1S/C18H36N2O/c1-15(2)19-13-18(21)14-20(16-9-5-3-6-10-16)17-11-7-4-8-12-17/h15-19,21H,3-14H2,1-2H3. The number of hydrogen-bond acceptors (Lipinski definition) is 3. The first-order valence-electron chi connectivity index (χ1n) is 9.34. The minimum Gasteiger partial charge on any atom is -0.390 e. The van der Waals surface area contributed by atoms with Crippen LogP contribution in [-0.2, 0) is 0 Å². The Balaban J connectivity index is 1.90. The molecule has 0 heterocycles. The topological polar surface area (TPSA) is 35.5 Å². The summed E-state index contributed by atoms with van der Waals surface area (Å²) < 4.78 is 0. The molecule has 21 heavy (non-hydrogen) atoms. The van der Waals surface area contributed by atoms with Gasteiger partial charge in [0, 0.05) is 31.2 Å². The van der Waals surface area contributed by atoms with Gasteiger partial charge in [0.05, 0.1) is 6.10 Å². The van der Waals surface area contributed by atoms with Gasteiger partial charge in [0.1, 0.15) is 0 Å². The average Bonchev–Trinajstić information content (AvgIpc) is 2.52. The van der Waals surface area contributed by atoms with E-state index in [1.807, 2.05) is 0 Å². The van der Waals surface area contributed by atoms with Crippen LogP contribution in [0.3, 0.4) is 0 Å². The molecule has 0 radical (unpaired) electrons. The highest BCUT2D eigenvalue weighted by atomic mass is 16.3. The lowest BCUT2D eigenvalue weighted by molar-refractivity contribution is 0.0289. The van der Waals surface area contributed by atoms with E-state index in [0.29, 0.717) is 6.04 Å². The fourth-order valence-electron chi connectivity index (χ4n) is 4.10. The molecule has 2 aliphatic carbocycles. The van der Waals surface area contributed by atoms with Gasteiger partial charge >= 0.3 is 0 Å². The van der Waals surface area contributed by atoms with Crippen molar-refractivity contribution >= 4 is 0 Å². The molecule has 0 saturated heterocycles. The molecule has 2 aliphatic rings. The van der Waals surface area contributed by atoms with Gasteiger partial charge in [-0.25, -0.2) is 0 Å². The van der Waals surface area contributed by atoms with Crippen molar-refractivity contribution in [2.75, 3.05) is 13.1 Å². The number of aliphatic hydroxyl groups excluding tert-OH is 1. The van der Waals surface area contributed by atoms with Crippen LogP contribution in [0.25, 0.3) is 0 Å². The van der Waals surface area contributed by atoms with Gasteiger partial charge in [-0.15, -0.1) is 0 Å². The van der Waals surface area contributed by atoms with E-state index in [1.165, 1.54) is 64.2 Å². The Morgan fingerprint density at radius 1 is 0.905 bits per heavy atom. The van der Waals surface area contributed by atoms with E-state index in [2.05, 4.69) is 24.1 Å². The summed E-state index contributed by atoms with van der Waals surface area (Å²) in [6, 6.07) is 1.92. The highest BCUT2D eigenvalue weighted by molar-refractivity contribution is 4.85. The molecule has 1 atom stereocenters. The summed E-state index contributed by atoms with van der Waals surface area (Å²) in [4.78, 5) is 2.70. The third-order valence-corrected chi connectivity index (χ3v) is 5.27. The van der Waals surface area contributed by atoms with Crippen LogP contribution >= 0.6 is 0 Å². The Kier molecular flexibility index (Phi) is 7.48. The fourth-order valence-corrected chi connectivity index (χ4v) is 4.10. The maximum absolute atomic E-state index is 10.4. The van der Waals surface area contributed by atoms with Crippen LogP contribution in [-0.4, -0.2) is 47.3 Å². The Morgan fingerprint density at radius 2 is 1.38 bits per heavy atom. The first-order chi connectivity index (χ1) is 10.2. The van der Waals surface area contributed by atoms with Gasteiger partial charge < -0.3 is 10.4 Å². The van der Waals surface area contributed by atoms with E-state index in [0.717, 1.165) is 25.2 Å². The van der Waals surface area contributed by atoms with Crippen LogP contribution < -0.4 is 5.32 Å². The third-order valence-electron chi connectivity index (χ3n) is 5.27. The molecule has 0 amide bonds. The number of nitrogens with one attached hydrogen (secondary N) is 1. The molecular weight excluding hydrogens is 260 g/mol. The number of rotatable bonds is 7. The Bertz CT molecular complexity index is 252. The molecule has 2 rings (SSSR count). The summed E-state index contributed by atoms with van der Waals surface area (Å²) in [5.41, 5.74) is 0. The van der Waals surface area contributed by atoms with Crippen LogP contribution in [0.2, 0.25) is 0 Å². The van der Waals surface area contributed by atoms with Crippen molar-refractivity contribution in [1.29, 1.82) is 0 Å². The van der Waals surface area contributed by atoms with Crippen molar-refractivity contribution in [2.24, 2.45) is 0 Å². The van der Waals surface area contributed by atoms with Gasteiger partial charge in [0.2, 0.25) is 0 Å². The van der Waals surface area contributed by atoms with Crippen LogP contribution in [0.5, 0.6) is 0 Å². The van der Waals surface area contributed by atoms with Crippen molar-refractivity contribution in [1.82, 2.24) is 10.2 Å². The molecule has 0 aromatic heterocycles. The summed E-state index contributed by atoms with van der Waals surface area (Å²) in [6.45, 7) is 5.89. The van der Waals surface area contributed by atoms with Crippen LogP contribution in [0.1, 0.15) is 78.1 Å². The molecule has 0 bridgehead atoms. The molecule has 1 unspecified atom stereocenters. The smallest absolute Gasteiger partial charge is 0.0791 e. The second-order valence-corrected chi connectivity index (χ2v) is 7.50. The minimum atomic E-state index is -0.226. The zero-order chi connectivity index (χ0) is 15.1. The van der Waals surface area contributed by atoms with E-state index < -0.39 is 0 Å². The van der Waals surface area contributed by atoms with Crippen molar-refractivity contribution in [3.8, 4) is 0 Å². The van der Waals surface area contributed by atoms with Crippen molar-refractivity contribution in [3.05, 3.63) is 0 Å². The summed E-state index contributed by atoms with van der Waals surface area (Å²) in [6.07, 6.45) is 13.5. The van der Waals surface area contributed by atoms with Crippen LogP contribution in [0.4, 0.5) is 0 Å². The molecular formula is C18H36N2O. The van der Waals surface area contributed by atoms with Gasteiger partial charge in [-0.1, -0.05) is 52.4 Å². The van der Waals surface area contributed by atoms with E-state index in [-0.39, 0.29) is 6.10 Å². The number of hydrogen-bond donors (Lipinski definition) is 2. The zero-order valence-electron chi connectivity index (χ0n) is 14.2. The predicted molar refractivity (Wildman–Crippen MR) is 89.6 cm³/mol. The van der Waals surface area contributed by atoms with Crippen LogP contribution in [0, 0.1) is 0 Å². The monoisotopic (exact) mass is 296 g/mol. The average molecular weight is 296 g/mol. The number of nitrogens with zero attached hydrogens (tertiary/aromatic N) is 1. The van der Waals surface area contributed by atoms with Gasteiger partial charge in [-0.05, 0) is 25.7 Å². The molecule has 0 aliphatic heterocycles. The van der Waals surface area contributed by atoms with Gasteiger partial charge in [0.15, 0.2) is 0 Å². The molecule has 2 saturated carbocycles. The first-order valence-corrected chi connectivity index (χ1v) is 9.34. The summed E-state index contributed by atoms with van der Waals surface area (Å²) in [5, 5.41) is 13.8. The lowest BCUT2D eigenvalue weighted by Crippen LogP contribution is -2.50. The van der Waals surface area contributed by atoms with Gasteiger partial charge in [-0.3, -0.25) is 4.90 Å².